The molecule has 466 valence electrons. The van der Waals surface area contributed by atoms with E-state index in [0.717, 1.165) is 79.6 Å². The number of aliphatic hydroxyl groups excluding tert-OH is 9. The van der Waals surface area contributed by atoms with E-state index in [1.165, 1.54) is 7.11 Å². The lowest BCUT2D eigenvalue weighted by Crippen LogP contribution is -2.58. The minimum absolute atomic E-state index is 0.00701. The second-order valence-corrected chi connectivity index (χ2v) is 49.4. The van der Waals surface area contributed by atoms with Crippen LogP contribution in [-0.2, 0) is 30.7 Å². The molecule has 0 radical (unpaired) electrons. The van der Waals surface area contributed by atoms with E-state index in [1.807, 2.05) is 30.3 Å². The molecule has 1 aromatic rings. The number of hydrogen-bond acceptors (Lipinski definition) is 18. The van der Waals surface area contributed by atoms with E-state index >= 15 is 0 Å². The van der Waals surface area contributed by atoms with E-state index in [4.69, 9.17) is 61.0 Å². The molecule has 0 aromatic heterocycles. The van der Waals surface area contributed by atoms with Gasteiger partial charge in [0.2, 0.25) is 0 Å². The normalized spacial score (nSPS) is 17.7. The molecular weight excluding hydrogens is 1110 g/mol. The third-order valence-electron chi connectivity index (χ3n) is 13.8. The third kappa shape index (κ3) is 47.1. The lowest BCUT2D eigenvalue weighted by Gasteiger charge is -2.36. The molecule has 0 saturated carbocycles. The Labute approximate surface area is 477 Å². The zero-order chi connectivity index (χ0) is 61.0. The Kier molecular flexibility index (Phi) is 53.9. The van der Waals surface area contributed by atoms with E-state index in [0.29, 0.717) is 36.9 Å². The monoisotopic (exact) mass is 1230 g/mol. The standard InChI is InChI=1S/C22H42O7Si2.C8H20O2Si.C7H18O2Si.C6H16O2Si.C5H14O2Si.C4H12O3Si/c1-18(23)21(25)14-8-10-16-31(28-3,17-11-9-15-22(26)19(2)24)29-30(4,27)20-12-6-5-7-13-20;1-8(2)7-11(4,10-3)6-5-9;1-4-6-10(3,9-2)7-5-8;1-4-9(3,8-2)6-5-7;1-7-8(2,3)5-4-6;1-7-8(2,6)4-3-5/h5-7,12-13,18-19,21-27H,8-11,14-17H2,1-4H3;8-9H,5-7H2,1-4H3;8H,4-7H2,1-3H3;7H,4-6H2,1-3H3;6H,4-5H2,1-3H3;5-6H,3-4H2,1-2H3. The predicted molar refractivity (Wildman–Crippen MR) is 332 cm³/mol. The molecule has 77 heavy (non-hydrogen) atoms. The summed E-state index contributed by atoms with van der Waals surface area (Å²) >= 11 is 0. The average Bonchev–Trinajstić information content (AvgIpc) is 3.37. The summed E-state index contributed by atoms with van der Waals surface area (Å²) in [5, 5.41) is 82.4. The molecule has 25 heteroatoms. The number of benzene rings is 1. The summed E-state index contributed by atoms with van der Waals surface area (Å²) in [5.41, 5.74) is 0. The highest BCUT2D eigenvalue weighted by molar-refractivity contribution is 6.87. The van der Waals surface area contributed by atoms with Crippen molar-refractivity contribution in [2.75, 3.05) is 75.7 Å². The second-order valence-electron chi connectivity index (χ2n) is 22.0. The van der Waals surface area contributed by atoms with E-state index in [1.54, 1.807) is 62.5 Å². The first-order valence-electron chi connectivity index (χ1n) is 28.0. The molecule has 0 amide bonds. The number of unbranched alkanes of at least 4 members (excludes halogenated alkanes) is 2. The highest BCUT2D eigenvalue weighted by atomic mass is 28.5. The lowest BCUT2D eigenvalue weighted by molar-refractivity contribution is 0.0247. The first-order valence-corrected chi connectivity index (χ1v) is 46.7. The highest BCUT2D eigenvalue weighted by Crippen LogP contribution is 2.29. The lowest BCUT2D eigenvalue weighted by atomic mass is 10.1. The van der Waals surface area contributed by atoms with Gasteiger partial charge in [0.15, 0.2) is 33.3 Å². The molecule has 18 nitrogen and oxygen atoms in total. The number of rotatable bonds is 36. The van der Waals surface area contributed by atoms with Crippen molar-refractivity contribution in [3.63, 3.8) is 0 Å². The molecule has 0 aliphatic heterocycles. The predicted octanol–water partition coefficient (Wildman–Crippen LogP) is 7.09. The Morgan fingerprint density at radius 2 is 0.857 bits per heavy atom. The molecule has 9 unspecified atom stereocenters. The van der Waals surface area contributed by atoms with Gasteiger partial charge in [0.25, 0.3) is 0 Å². The Morgan fingerprint density at radius 1 is 0.455 bits per heavy atom. The average molecular weight is 1230 g/mol. The Bertz CT molecular complexity index is 1390. The van der Waals surface area contributed by atoms with Gasteiger partial charge >= 0.3 is 25.7 Å². The van der Waals surface area contributed by atoms with E-state index < -0.39 is 83.4 Å². The molecule has 9 atom stereocenters. The maximum Gasteiger partial charge on any atom is 0.357 e. The molecule has 0 spiro atoms. The maximum atomic E-state index is 11.2. The van der Waals surface area contributed by atoms with Gasteiger partial charge in [-0.15, -0.1) is 0 Å². The van der Waals surface area contributed by atoms with Crippen molar-refractivity contribution in [1.82, 2.24) is 0 Å². The molecule has 0 heterocycles. The zero-order valence-electron chi connectivity index (χ0n) is 52.1. The molecule has 1 rings (SSSR count). The van der Waals surface area contributed by atoms with Crippen LogP contribution >= 0.6 is 0 Å². The largest absolute Gasteiger partial charge is 0.420 e. The Morgan fingerprint density at radius 3 is 1.13 bits per heavy atom. The molecular formula is C52H122O18Si7. The van der Waals surface area contributed by atoms with Gasteiger partial charge in [0.1, 0.15) is 0 Å². The van der Waals surface area contributed by atoms with Crippen molar-refractivity contribution in [2.45, 2.75) is 217 Å². The summed E-state index contributed by atoms with van der Waals surface area (Å²) in [6.45, 7) is 27.0. The van der Waals surface area contributed by atoms with Crippen molar-refractivity contribution in [2.24, 2.45) is 5.92 Å². The summed E-state index contributed by atoms with van der Waals surface area (Å²) in [6, 6.07) is 18.0. The highest BCUT2D eigenvalue weighted by Gasteiger charge is 2.45. The van der Waals surface area contributed by atoms with Gasteiger partial charge in [-0.25, -0.2) is 0 Å². The fourth-order valence-electron chi connectivity index (χ4n) is 7.44. The van der Waals surface area contributed by atoms with Gasteiger partial charge in [-0.1, -0.05) is 90.1 Å². The van der Waals surface area contributed by atoms with Gasteiger partial charge < -0.3 is 86.2 Å². The van der Waals surface area contributed by atoms with Crippen LogP contribution in [-0.4, -0.2) is 215 Å². The number of hydrogen-bond donors (Lipinski definition) is 11. The number of aliphatic hydroxyl groups is 9. The van der Waals surface area contributed by atoms with Crippen molar-refractivity contribution in [3.05, 3.63) is 30.3 Å². The smallest absolute Gasteiger partial charge is 0.357 e. The van der Waals surface area contributed by atoms with Crippen LogP contribution in [0.4, 0.5) is 0 Å². The molecule has 11 N–H and O–H groups in total. The minimum atomic E-state index is -3.18. The fraction of sp³-hybridized carbons (Fsp3) is 0.885. The van der Waals surface area contributed by atoms with Crippen molar-refractivity contribution < 1.29 is 86.2 Å². The van der Waals surface area contributed by atoms with Crippen molar-refractivity contribution in [1.29, 1.82) is 0 Å². The molecule has 0 aliphatic rings. The summed E-state index contributed by atoms with van der Waals surface area (Å²) in [7, 11) is -4.17. The van der Waals surface area contributed by atoms with Crippen molar-refractivity contribution in [3.8, 4) is 0 Å². The first-order chi connectivity index (χ1) is 35.7. The molecule has 0 aliphatic carbocycles. The summed E-state index contributed by atoms with van der Waals surface area (Å²) in [6.07, 6.45) is 2.13. The summed E-state index contributed by atoms with van der Waals surface area (Å²) in [5.74, 6) is 0.679. The van der Waals surface area contributed by atoms with E-state index in [9.17, 15) is 25.2 Å². The van der Waals surface area contributed by atoms with Gasteiger partial charge in [0, 0.05) is 81.7 Å². The summed E-state index contributed by atoms with van der Waals surface area (Å²) in [4.78, 5) is 20.3. The minimum Gasteiger partial charge on any atom is -0.420 e. The van der Waals surface area contributed by atoms with Crippen LogP contribution in [0.2, 0.25) is 106 Å². The van der Waals surface area contributed by atoms with Crippen LogP contribution in [0, 0.1) is 5.92 Å². The second kappa shape index (κ2) is 48.4. The van der Waals surface area contributed by atoms with Gasteiger partial charge in [0.05, 0.1) is 24.4 Å². The van der Waals surface area contributed by atoms with Crippen LogP contribution < -0.4 is 5.19 Å². The van der Waals surface area contributed by atoms with Crippen molar-refractivity contribution >= 4 is 64.1 Å². The Balaban J connectivity index is -0.000000307. The topological polar surface area (TPSA) is 287 Å². The Hall–Kier alpha value is 0.0182. The van der Waals surface area contributed by atoms with Gasteiger partial charge in [-0.2, -0.15) is 0 Å². The SMILES string of the molecule is CCC[Si](C)(CCO)OC.CC[Si](C)(CCO)OC.CO[Si](C)(C)CCO.CO[Si](C)(CCO)CC(C)C.CO[Si](C)(O)CCO.CO[Si](CCCCC(O)C(C)O)(CCCCC(O)C(C)O)O[Si](C)(O)c1ccccc1. The third-order valence-corrected chi connectivity index (χ3v) is 37.4. The van der Waals surface area contributed by atoms with Gasteiger partial charge in [-0.05, 0) is 138 Å². The fourth-order valence-corrected chi connectivity index (χ4v) is 22.7. The van der Waals surface area contributed by atoms with Crippen LogP contribution in [0.5, 0.6) is 0 Å². The summed E-state index contributed by atoms with van der Waals surface area (Å²) < 4.78 is 38.5. The molecule has 0 saturated heterocycles. The van der Waals surface area contributed by atoms with Crippen LogP contribution in [0.25, 0.3) is 0 Å². The quantitative estimate of drug-likeness (QED) is 0.0236. The molecule has 0 bridgehead atoms. The zero-order valence-corrected chi connectivity index (χ0v) is 59.1. The van der Waals surface area contributed by atoms with Gasteiger partial charge in [-0.3, -0.25) is 0 Å². The van der Waals surface area contributed by atoms with Crippen LogP contribution in [0.15, 0.2) is 30.3 Å². The van der Waals surface area contributed by atoms with Crippen LogP contribution in [0.1, 0.15) is 86.5 Å². The van der Waals surface area contributed by atoms with E-state index in [2.05, 4.69) is 60.4 Å². The molecule has 1 aromatic carbocycles. The molecule has 0 fully saturated rings. The van der Waals surface area contributed by atoms with Crippen LogP contribution in [0.3, 0.4) is 0 Å². The van der Waals surface area contributed by atoms with E-state index in [-0.39, 0.29) is 33.0 Å². The first kappa shape index (κ1) is 85.8. The maximum absolute atomic E-state index is 11.2.